The van der Waals surface area contributed by atoms with E-state index in [-0.39, 0.29) is 24.0 Å². The Hall–Kier alpha value is -3.02. The third-order valence-corrected chi connectivity index (χ3v) is 7.62. The standard InChI is InChI=1S/C31H48O11/c1-12-17(5)28(36)40-24(30(9,10)38)15-22(33)19(7)21-14-23(34)31(11,42-27(35)16(3)4)26(25(21)39-20(8)32)41-29(37)18(6)13-2/h12-13,16,21-26,33-34,38H,7,14-15H2,1-6,8-11H3. The van der Waals surface area contributed by atoms with Crippen LogP contribution in [0.5, 0.6) is 0 Å². The Kier molecular flexibility index (Phi) is 13.2. The van der Waals surface area contributed by atoms with Crippen LogP contribution < -0.4 is 0 Å². The maximum absolute atomic E-state index is 12.9. The van der Waals surface area contributed by atoms with E-state index in [1.807, 2.05) is 0 Å². The van der Waals surface area contributed by atoms with Crippen molar-refractivity contribution < 1.29 is 53.4 Å². The number of hydrogen-bond donors (Lipinski definition) is 3. The van der Waals surface area contributed by atoms with Crippen LogP contribution in [0.2, 0.25) is 0 Å². The van der Waals surface area contributed by atoms with Gasteiger partial charge in [0.15, 0.2) is 11.7 Å². The largest absolute Gasteiger partial charge is 0.458 e. The van der Waals surface area contributed by atoms with E-state index in [2.05, 4.69) is 6.58 Å². The molecule has 7 unspecified atom stereocenters. The second-order valence-electron chi connectivity index (χ2n) is 11.8. The quantitative estimate of drug-likeness (QED) is 0.131. The molecule has 1 aliphatic carbocycles. The van der Waals surface area contributed by atoms with Crippen molar-refractivity contribution in [3.05, 3.63) is 35.5 Å². The van der Waals surface area contributed by atoms with Crippen LogP contribution in [0.4, 0.5) is 0 Å². The van der Waals surface area contributed by atoms with Gasteiger partial charge in [0.1, 0.15) is 12.2 Å². The number of allylic oxidation sites excluding steroid dienone is 2. The third-order valence-electron chi connectivity index (χ3n) is 7.62. The van der Waals surface area contributed by atoms with E-state index in [1.165, 1.54) is 33.8 Å². The molecule has 0 aliphatic heterocycles. The zero-order chi connectivity index (χ0) is 32.7. The Morgan fingerprint density at radius 3 is 2.00 bits per heavy atom. The second-order valence-corrected chi connectivity index (χ2v) is 11.8. The monoisotopic (exact) mass is 596 g/mol. The highest BCUT2D eigenvalue weighted by molar-refractivity contribution is 5.88. The summed E-state index contributed by atoms with van der Waals surface area (Å²) < 4.78 is 22.5. The molecule has 0 saturated heterocycles. The van der Waals surface area contributed by atoms with Gasteiger partial charge in [-0.05, 0) is 60.5 Å². The van der Waals surface area contributed by atoms with Crippen LogP contribution in [-0.4, -0.2) is 80.9 Å². The van der Waals surface area contributed by atoms with Gasteiger partial charge in [-0.1, -0.05) is 32.6 Å². The molecular formula is C31H48O11. The summed E-state index contributed by atoms with van der Waals surface area (Å²) in [7, 11) is 0. The molecule has 238 valence electrons. The van der Waals surface area contributed by atoms with E-state index in [1.54, 1.807) is 40.7 Å². The molecule has 3 N–H and O–H groups in total. The molecule has 1 fully saturated rings. The van der Waals surface area contributed by atoms with Crippen molar-refractivity contribution in [1.82, 2.24) is 0 Å². The third kappa shape index (κ3) is 9.24. The van der Waals surface area contributed by atoms with Gasteiger partial charge in [0.2, 0.25) is 0 Å². The maximum atomic E-state index is 12.9. The zero-order valence-electron chi connectivity index (χ0n) is 26.4. The molecule has 0 amide bonds. The van der Waals surface area contributed by atoms with Crippen molar-refractivity contribution in [2.75, 3.05) is 0 Å². The van der Waals surface area contributed by atoms with Gasteiger partial charge < -0.3 is 34.3 Å². The second kappa shape index (κ2) is 14.9. The van der Waals surface area contributed by atoms with Gasteiger partial charge in [-0.2, -0.15) is 0 Å². The Bertz CT molecular complexity index is 1080. The number of hydrogen-bond acceptors (Lipinski definition) is 11. The first-order valence-electron chi connectivity index (χ1n) is 14.1. The predicted octanol–water partition coefficient (Wildman–Crippen LogP) is 3.09. The summed E-state index contributed by atoms with van der Waals surface area (Å²) in [6.45, 7) is 18.9. The molecule has 0 aromatic rings. The first-order valence-corrected chi connectivity index (χ1v) is 14.1. The number of aliphatic hydroxyl groups excluding tert-OH is 2. The van der Waals surface area contributed by atoms with E-state index >= 15 is 0 Å². The van der Waals surface area contributed by atoms with E-state index in [4.69, 9.17) is 18.9 Å². The van der Waals surface area contributed by atoms with Crippen molar-refractivity contribution in [2.45, 2.75) is 124 Å². The molecule has 1 rings (SSSR count). The highest BCUT2D eigenvalue weighted by Crippen LogP contribution is 2.43. The minimum Gasteiger partial charge on any atom is -0.458 e. The molecule has 42 heavy (non-hydrogen) atoms. The molecule has 0 radical (unpaired) electrons. The fourth-order valence-electron chi connectivity index (χ4n) is 4.43. The van der Waals surface area contributed by atoms with Crippen LogP contribution in [0, 0.1) is 11.8 Å². The van der Waals surface area contributed by atoms with Crippen molar-refractivity contribution in [2.24, 2.45) is 11.8 Å². The Morgan fingerprint density at radius 2 is 1.55 bits per heavy atom. The Morgan fingerprint density at radius 1 is 1.02 bits per heavy atom. The van der Waals surface area contributed by atoms with Gasteiger partial charge in [-0.15, -0.1) is 0 Å². The zero-order valence-corrected chi connectivity index (χ0v) is 26.4. The molecular weight excluding hydrogens is 548 g/mol. The average Bonchev–Trinajstić information content (AvgIpc) is 2.89. The normalized spacial score (nSPS) is 26.6. The van der Waals surface area contributed by atoms with Gasteiger partial charge >= 0.3 is 23.9 Å². The highest BCUT2D eigenvalue weighted by Gasteiger charge is 2.59. The lowest BCUT2D eigenvalue weighted by atomic mass is 9.69. The SMILES string of the molecule is C=C(C(O)CC(OC(=O)C(C)=CC)C(C)(C)O)C1CC(O)C(C)(OC(=O)C(C)C)C(OC(=O)C(C)=CC)C1OC(C)=O. The molecule has 7 atom stereocenters. The van der Waals surface area contributed by atoms with Crippen molar-refractivity contribution in [3.63, 3.8) is 0 Å². The fraction of sp³-hybridized carbons (Fsp3) is 0.677. The van der Waals surface area contributed by atoms with Crippen LogP contribution in [0.1, 0.15) is 82.1 Å². The topological polar surface area (TPSA) is 166 Å². The van der Waals surface area contributed by atoms with Gasteiger partial charge in [-0.25, -0.2) is 9.59 Å². The van der Waals surface area contributed by atoms with E-state index in [9.17, 15) is 34.5 Å². The van der Waals surface area contributed by atoms with Crippen LogP contribution in [0.3, 0.4) is 0 Å². The van der Waals surface area contributed by atoms with Crippen LogP contribution in [0.25, 0.3) is 0 Å². The van der Waals surface area contributed by atoms with Crippen LogP contribution in [-0.2, 0) is 38.1 Å². The Labute approximate surface area is 248 Å². The van der Waals surface area contributed by atoms with Crippen LogP contribution >= 0.6 is 0 Å². The molecule has 0 aromatic carbocycles. The lowest BCUT2D eigenvalue weighted by Crippen LogP contribution is -2.66. The van der Waals surface area contributed by atoms with Gasteiger partial charge in [0, 0.05) is 30.4 Å². The average molecular weight is 597 g/mol. The summed E-state index contributed by atoms with van der Waals surface area (Å²) in [5.74, 6) is -4.48. The molecule has 11 heteroatoms. The smallest absolute Gasteiger partial charge is 0.333 e. The number of aliphatic hydroxyl groups is 3. The molecule has 0 aromatic heterocycles. The van der Waals surface area contributed by atoms with Crippen LogP contribution in [0.15, 0.2) is 35.5 Å². The summed E-state index contributed by atoms with van der Waals surface area (Å²) in [5, 5.41) is 33.3. The molecule has 1 saturated carbocycles. The molecule has 0 bridgehead atoms. The lowest BCUT2D eigenvalue weighted by molar-refractivity contribution is -0.243. The molecule has 0 spiro atoms. The molecule has 1 aliphatic rings. The number of esters is 4. The summed E-state index contributed by atoms with van der Waals surface area (Å²) in [6, 6.07) is 0. The van der Waals surface area contributed by atoms with Crippen molar-refractivity contribution in [1.29, 1.82) is 0 Å². The van der Waals surface area contributed by atoms with Crippen molar-refractivity contribution >= 4 is 23.9 Å². The van der Waals surface area contributed by atoms with Gasteiger partial charge in [0.25, 0.3) is 0 Å². The number of carbonyl (C=O) groups is 4. The predicted molar refractivity (Wildman–Crippen MR) is 154 cm³/mol. The number of carbonyl (C=O) groups excluding carboxylic acids is 4. The lowest BCUT2D eigenvalue weighted by Gasteiger charge is -2.50. The van der Waals surface area contributed by atoms with Crippen molar-refractivity contribution in [3.8, 4) is 0 Å². The maximum Gasteiger partial charge on any atom is 0.333 e. The summed E-state index contributed by atoms with van der Waals surface area (Å²) in [4.78, 5) is 50.3. The van der Waals surface area contributed by atoms with Gasteiger partial charge in [0.05, 0.1) is 23.7 Å². The Balaban J connectivity index is 3.57. The number of rotatable bonds is 12. The minimum atomic E-state index is -1.83. The summed E-state index contributed by atoms with van der Waals surface area (Å²) in [6.07, 6.45) is -4.29. The minimum absolute atomic E-state index is 0.0643. The van der Waals surface area contributed by atoms with E-state index in [0.29, 0.717) is 5.57 Å². The first-order chi connectivity index (χ1) is 19.2. The molecule has 11 nitrogen and oxygen atoms in total. The van der Waals surface area contributed by atoms with E-state index < -0.39 is 77.4 Å². The first kappa shape index (κ1) is 37.0. The molecule has 0 heterocycles. The number of ether oxygens (including phenoxy) is 4. The summed E-state index contributed by atoms with van der Waals surface area (Å²) >= 11 is 0. The van der Waals surface area contributed by atoms with E-state index in [0.717, 1.165) is 6.92 Å². The summed E-state index contributed by atoms with van der Waals surface area (Å²) in [5.41, 5.74) is -2.80. The fourth-order valence-corrected chi connectivity index (χ4v) is 4.43. The van der Waals surface area contributed by atoms with Gasteiger partial charge in [-0.3, -0.25) is 9.59 Å². The highest BCUT2D eigenvalue weighted by atomic mass is 16.6.